The SMILES string of the molecule is Cc1ccnc(N(C)C2CCN(Cc3cscn3)C2)n1. The summed E-state index contributed by atoms with van der Waals surface area (Å²) in [6, 6.07) is 2.41. The third kappa shape index (κ3) is 2.96. The van der Waals surface area contributed by atoms with E-state index in [1.165, 1.54) is 5.69 Å². The second-order valence-electron chi connectivity index (χ2n) is 5.27. The summed E-state index contributed by atoms with van der Waals surface area (Å²) in [6.07, 6.45) is 2.98. The molecule has 106 valence electrons. The van der Waals surface area contributed by atoms with Crippen molar-refractivity contribution >= 4 is 17.3 Å². The Bertz CT molecular complexity index is 556. The number of aryl methyl sites for hydroxylation is 1. The molecule has 5 nitrogen and oxygen atoms in total. The zero-order valence-corrected chi connectivity index (χ0v) is 12.7. The van der Waals surface area contributed by atoms with Gasteiger partial charge in [0.15, 0.2) is 0 Å². The number of likely N-dealkylation sites (N-methyl/N-ethyl adjacent to an activating group) is 1. The fraction of sp³-hybridized carbons (Fsp3) is 0.500. The molecule has 3 heterocycles. The van der Waals surface area contributed by atoms with Gasteiger partial charge in [-0.1, -0.05) is 0 Å². The van der Waals surface area contributed by atoms with Crippen LogP contribution in [0, 0.1) is 6.92 Å². The predicted molar refractivity (Wildman–Crippen MR) is 81.0 cm³/mol. The average Bonchev–Trinajstić information content (AvgIpc) is 3.10. The largest absolute Gasteiger partial charge is 0.340 e. The second-order valence-corrected chi connectivity index (χ2v) is 5.99. The molecule has 0 spiro atoms. The summed E-state index contributed by atoms with van der Waals surface area (Å²) in [5.74, 6) is 0.825. The van der Waals surface area contributed by atoms with Crippen molar-refractivity contribution < 1.29 is 0 Å². The third-order valence-electron chi connectivity index (χ3n) is 3.76. The van der Waals surface area contributed by atoms with Crippen molar-refractivity contribution in [3.05, 3.63) is 34.5 Å². The van der Waals surface area contributed by atoms with Crippen LogP contribution in [0.4, 0.5) is 5.95 Å². The minimum Gasteiger partial charge on any atom is -0.340 e. The van der Waals surface area contributed by atoms with Gasteiger partial charge in [0.25, 0.3) is 0 Å². The Balaban J connectivity index is 1.62. The smallest absolute Gasteiger partial charge is 0.225 e. The molecule has 0 aromatic carbocycles. The first-order valence-corrected chi connectivity index (χ1v) is 7.78. The van der Waals surface area contributed by atoms with E-state index in [0.29, 0.717) is 6.04 Å². The topological polar surface area (TPSA) is 45.2 Å². The Hall–Kier alpha value is -1.53. The fourth-order valence-electron chi connectivity index (χ4n) is 2.59. The van der Waals surface area contributed by atoms with Crippen molar-refractivity contribution in [1.82, 2.24) is 19.9 Å². The number of likely N-dealkylation sites (tertiary alicyclic amines) is 1. The lowest BCUT2D eigenvalue weighted by atomic mass is 10.2. The highest BCUT2D eigenvalue weighted by atomic mass is 32.1. The van der Waals surface area contributed by atoms with Gasteiger partial charge in [-0.15, -0.1) is 11.3 Å². The van der Waals surface area contributed by atoms with Gasteiger partial charge in [0.2, 0.25) is 5.95 Å². The maximum Gasteiger partial charge on any atom is 0.225 e. The summed E-state index contributed by atoms with van der Waals surface area (Å²) < 4.78 is 0. The van der Waals surface area contributed by atoms with E-state index in [2.05, 4.69) is 37.2 Å². The Morgan fingerprint density at radius 3 is 3.10 bits per heavy atom. The van der Waals surface area contributed by atoms with Gasteiger partial charge in [-0.05, 0) is 19.4 Å². The summed E-state index contributed by atoms with van der Waals surface area (Å²) >= 11 is 1.66. The Morgan fingerprint density at radius 2 is 2.35 bits per heavy atom. The van der Waals surface area contributed by atoms with Gasteiger partial charge in [-0.3, -0.25) is 4.90 Å². The molecule has 1 unspecified atom stereocenters. The van der Waals surface area contributed by atoms with Crippen LogP contribution < -0.4 is 4.90 Å². The fourth-order valence-corrected chi connectivity index (χ4v) is 3.14. The quantitative estimate of drug-likeness (QED) is 0.861. The molecule has 0 N–H and O–H groups in total. The first-order valence-electron chi connectivity index (χ1n) is 6.84. The lowest BCUT2D eigenvalue weighted by molar-refractivity contribution is 0.322. The summed E-state index contributed by atoms with van der Waals surface area (Å²) in [4.78, 5) is 17.9. The average molecular weight is 289 g/mol. The number of anilines is 1. The first kappa shape index (κ1) is 13.5. The molecule has 0 amide bonds. The van der Waals surface area contributed by atoms with Crippen LogP contribution in [0.2, 0.25) is 0 Å². The van der Waals surface area contributed by atoms with Gasteiger partial charge in [0, 0.05) is 50.0 Å². The molecule has 0 aliphatic carbocycles. The van der Waals surface area contributed by atoms with E-state index in [1.54, 1.807) is 11.3 Å². The van der Waals surface area contributed by atoms with E-state index in [1.807, 2.05) is 24.7 Å². The van der Waals surface area contributed by atoms with Crippen LogP contribution in [-0.2, 0) is 6.54 Å². The predicted octanol–water partition coefficient (Wildman–Crippen LogP) is 1.95. The van der Waals surface area contributed by atoms with E-state index in [0.717, 1.165) is 37.7 Å². The van der Waals surface area contributed by atoms with Crippen molar-refractivity contribution in [1.29, 1.82) is 0 Å². The van der Waals surface area contributed by atoms with Gasteiger partial charge >= 0.3 is 0 Å². The molecule has 0 radical (unpaired) electrons. The molecule has 6 heteroatoms. The molecule has 2 aromatic heterocycles. The molecule has 1 fully saturated rings. The lowest BCUT2D eigenvalue weighted by Crippen LogP contribution is -2.35. The molecule has 3 rings (SSSR count). The summed E-state index contributed by atoms with van der Waals surface area (Å²) in [6.45, 7) is 5.11. The van der Waals surface area contributed by atoms with Gasteiger partial charge in [-0.25, -0.2) is 15.0 Å². The highest BCUT2D eigenvalue weighted by Gasteiger charge is 2.27. The van der Waals surface area contributed by atoms with Crippen molar-refractivity contribution in [2.24, 2.45) is 0 Å². The highest BCUT2D eigenvalue weighted by molar-refractivity contribution is 7.07. The molecule has 0 saturated carbocycles. The van der Waals surface area contributed by atoms with Crippen LogP contribution in [0.15, 0.2) is 23.2 Å². The van der Waals surface area contributed by atoms with E-state index in [4.69, 9.17) is 0 Å². The molecule has 20 heavy (non-hydrogen) atoms. The van der Waals surface area contributed by atoms with Crippen molar-refractivity contribution in [3.8, 4) is 0 Å². The molecule has 1 atom stereocenters. The van der Waals surface area contributed by atoms with Crippen molar-refractivity contribution in [3.63, 3.8) is 0 Å². The van der Waals surface area contributed by atoms with Crippen LogP contribution in [0.3, 0.4) is 0 Å². The van der Waals surface area contributed by atoms with Crippen LogP contribution in [0.1, 0.15) is 17.8 Å². The Labute approximate surface area is 123 Å². The van der Waals surface area contributed by atoms with E-state index >= 15 is 0 Å². The molecular formula is C14H19N5S. The number of aromatic nitrogens is 3. The maximum absolute atomic E-state index is 4.50. The molecule has 1 aliphatic rings. The van der Waals surface area contributed by atoms with Crippen LogP contribution >= 0.6 is 11.3 Å². The van der Waals surface area contributed by atoms with Crippen LogP contribution in [0.25, 0.3) is 0 Å². The third-order valence-corrected chi connectivity index (χ3v) is 4.40. The minimum atomic E-state index is 0.482. The zero-order valence-electron chi connectivity index (χ0n) is 11.9. The van der Waals surface area contributed by atoms with Gasteiger partial charge in [-0.2, -0.15) is 0 Å². The zero-order chi connectivity index (χ0) is 13.9. The molecular weight excluding hydrogens is 270 g/mol. The maximum atomic E-state index is 4.50. The molecule has 1 aliphatic heterocycles. The first-order chi connectivity index (χ1) is 9.72. The number of hydrogen-bond acceptors (Lipinski definition) is 6. The van der Waals surface area contributed by atoms with Crippen LogP contribution in [0.5, 0.6) is 0 Å². The lowest BCUT2D eigenvalue weighted by Gasteiger charge is -2.24. The molecule has 0 bridgehead atoms. The number of nitrogens with zero attached hydrogens (tertiary/aromatic N) is 5. The van der Waals surface area contributed by atoms with Gasteiger partial charge in [0.1, 0.15) is 0 Å². The summed E-state index contributed by atoms with van der Waals surface area (Å²) in [5, 5.41) is 2.13. The standard InChI is InChI=1S/C14H19N5S/c1-11-3-5-15-14(17-11)18(2)13-4-6-19(8-13)7-12-9-20-10-16-12/h3,5,9-10,13H,4,6-8H2,1-2H3. The highest BCUT2D eigenvalue weighted by Crippen LogP contribution is 2.20. The van der Waals surface area contributed by atoms with Crippen molar-refractivity contribution in [2.75, 3.05) is 25.0 Å². The number of hydrogen-bond donors (Lipinski definition) is 0. The van der Waals surface area contributed by atoms with Gasteiger partial charge in [0.05, 0.1) is 11.2 Å². The normalized spacial score (nSPS) is 19.4. The van der Waals surface area contributed by atoms with Crippen molar-refractivity contribution in [2.45, 2.75) is 25.9 Å². The molecule has 2 aromatic rings. The minimum absolute atomic E-state index is 0.482. The van der Waals surface area contributed by atoms with Gasteiger partial charge < -0.3 is 4.90 Å². The van der Waals surface area contributed by atoms with E-state index < -0.39 is 0 Å². The summed E-state index contributed by atoms with van der Waals surface area (Å²) in [7, 11) is 2.09. The number of rotatable bonds is 4. The Kier molecular flexibility index (Phi) is 3.93. The molecule has 1 saturated heterocycles. The van der Waals surface area contributed by atoms with E-state index in [-0.39, 0.29) is 0 Å². The Morgan fingerprint density at radius 1 is 1.45 bits per heavy atom. The summed E-state index contributed by atoms with van der Waals surface area (Å²) in [5.41, 5.74) is 4.08. The monoisotopic (exact) mass is 289 g/mol. The van der Waals surface area contributed by atoms with Crippen LogP contribution in [-0.4, -0.2) is 46.0 Å². The van der Waals surface area contributed by atoms with E-state index in [9.17, 15) is 0 Å². The number of thiazole rings is 1. The second kappa shape index (κ2) is 5.85.